The van der Waals surface area contributed by atoms with Crippen molar-refractivity contribution in [2.75, 3.05) is 46.1 Å². The summed E-state index contributed by atoms with van der Waals surface area (Å²) in [5, 5.41) is 6.63. The number of rotatable bonds is 11. The molecule has 6 heteroatoms. The van der Waals surface area contributed by atoms with Crippen molar-refractivity contribution in [1.29, 1.82) is 0 Å². The van der Waals surface area contributed by atoms with E-state index in [0.29, 0.717) is 12.5 Å². The van der Waals surface area contributed by atoms with E-state index >= 15 is 0 Å². The summed E-state index contributed by atoms with van der Waals surface area (Å²) in [4.78, 5) is 4.62. The molecule has 1 aliphatic heterocycles. The van der Waals surface area contributed by atoms with Gasteiger partial charge in [0.05, 0.1) is 6.54 Å². The number of para-hydroxylation sites is 1. The summed E-state index contributed by atoms with van der Waals surface area (Å²) in [6.07, 6.45) is 3.23. The Labute approximate surface area is 163 Å². The highest BCUT2D eigenvalue weighted by atomic mass is 16.5. The third kappa shape index (κ3) is 9.63. The Morgan fingerprint density at radius 3 is 2.74 bits per heavy atom. The number of nitrogens with one attached hydrogen (secondary N) is 2. The van der Waals surface area contributed by atoms with Gasteiger partial charge in [-0.25, -0.2) is 4.99 Å². The lowest BCUT2D eigenvalue weighted by Gasteiger charge is -2.21. The quantitative estimate of drug-likeness (QED) is 0.353. The van der Waals surface area contributed by atoms with Gasteiger partial charge < -0.3 is 24.8 Å². The molecule has 0 spiro atoms. The van der Waals surface area contributed by atoms with Gasteiger partial charge in [-0.3, -0.25) is 0 Å². The van der Waals surface area contributed by atoms with Crippen molar-refractivity contribution in [2.24, 2.45) is 10.9 Å². The Morgan fingerprint density at radius 2 is 2.00 bits per heavy atom. The van der Waals surface area contributed by atoms with Crippen LogP contribution >= 0.6 is 0 Å². The minimum Gasteiger partial charge on any atom is -0.489 e. The van der Waals surface area contributed by atoms with Crippen LogP contribution in [0, 0.1) is 5.92 Å². The standard InChI is InChI=1S/C21H35N3O3/c1-3-22-21(24-16-18(2)27-20-8-5-4-6-9-20)23-12-7-13-26-17-19-10-14-25-15-11-19/h4-6,8-9,18-19H,3,7,10-17H2,1-2H3,(H2,22,23,24). The van der Waals surface area contributed by atoms with Crippen molar-refractivity contribution in [2.45, 2.75) is 39.2 Å². The van der Waals surface area contributed by atoms with Crippen molar-refractivity contribution in [1.82, 2.24) is 10.6 Å². The molecule has 1 unspecified atom stereocenters. The first kappa shape index (κ1) is 21.5. The molecular formula is C21H35N3O3. The minimum absolute atomic E-state index is 0.0191. The molecule has 152 valence electrons. The Morgan fingerprint density at radius 1 is 1.22 bits per heavy atom. The van der Waals surface area contributed by atoms with Crippen LogP contribution in [-0.4, -0.2) is 58.1 Å². The summed E-state index contributed by atoms with van der Waals surface area (Å²) in [7, 11) is 0. The van der Waals surface area contributed by atoms with Crippen molar-refractivity contribution in [3.8, 4) is 5.75 Å². The fourth-order valence-electron chi connectivity index (χ4n) is 2.87. The molecule has 0 saturated carbocycles. The number of benzene rings is 1. The Balaban J connectivity index is 1.59. The average Bonchev–Trinajstić information content (AvgIpc) is 2.70. The van der Waals surface area contributed by atoms with E-state index < -0.39 is 0 Å². The van der Waals surface area contributed by atoms with Gasteiger partial charge in [0.2, 0.25) is 0 Å². The molecule has 0 bridgehead atoms. The van der Waals surface area contributed by atoms with Gasteiger partial charge in [0.1, 0.15) is 11.9 Å². The van der Waals surface area contributed by atoms with E-state index in [2.05, 4.69) is 22.5 Å². The molecule has 0 aromatic heterocycles. The molecular weight excluding hydrogens is 342 g/mol. The molecule has 6 nitrogen and oxygen atoms in total. The van der Waals surface area contributed by atoms with Crippen LogP contribution in [0.1, 0.15) is 33.1 Å². The highest BCUT2D eigenvalue weighted by Gasteiger charge is 2.13. The second-order valence-electron chi connectivity index (χ2n) is 6.87. The van der Waals surface area contributed by atoms with Crippen LogP contribution in [0.25, 0.3) is 0 Å². The zero-order valence-corrected chi connectivity index (χ0v) is 16.8. The van der Waals surface area contributed by atoms with Crippen molar-refractivity contribution < 1.29 is 14.2 Å². The number of guanidine groups is 1. The van der Waals surface area contributed by atoms with Gasteiger partial charge >= 0.3 is 0 Å². The monoisotopic (exact) mass is 377 g/mol. The largest absolute Gasteiger partial charge is 0.489 e. The van der Waals surface area contributed by atoms with Crippen LogP contribution in [0.2, 0.25) is 0 Å². The smallest absolute Gasteiger partial charge is 0.191 e. The van der Waals surface area contributed by atoms with E-state index in [1.807, 2.05) is 37.3 Å². The zero-order valence-electron chi connectivity index (χ0n) is 16.8. The number of ether oxygens (including phenoxy) is 3. The van der Waals surface area contributed by atoms with E-state index in [0.717, 1.165) is 70.5 Å². The molecule has 1 aromatic carbocycles. The van der Waals surface area contributed by atoms with Crippen LogP contribution in [-0.2, 0) is 9.47 Å². The van der Waals surface area contributed by atoms with Crippen LogP contribution in [0.15, 0.2) is 35.3 Å². The lowest BCUT2D eigenvalue weighted by Crippen LogP contribution is -2.38. The van der Waals surface area contributed by atoms with Crippen molar-refractivity contribution in [3.05, 3.63) is 30.3 Å². The number of hydrogen-bond donors (Lipinski definition) is 2. The molecule has 0 amide bonds. The lowest BCUT2D eigenvalue weighted by molar-refractivity contribution is 0.0203. The SMILES string of the molecule is CCNC(=NCC(C)Oc1ccccc1)NCCCOCC1CCOCC1. The second-order valence-corrected chi connectivity index (χ2v) is 6.87. The Bertz CT molecular complexity index is 519. The summed E-state index contributed by atoms with van der Waals surface area (Å²) in [5.74, 6) is 2.36. The summed E-state index contributed by atoms with van der Waals surface area (Å²) < 4.78 is 17.0. The van der Waals surface area contributed by atoms with Gasteiger partial charge in [0, 0.05) is 39.5 Å². The van der Waals surface area contributed by atoms with Crippen LogP contribution in [0.3, 0.4) is 0 Å². The van der Waals surface area contributed by atoms with Gasteiger partial charge in [0.15, 0.2) is 5.96 Å². The maximum atomic E-state index is 5.87. The maximum absolute atomic E-state index is 5.87. The Kier molecular flexibility index (Phi) is 10.7. The molecule has 1 atom stereocenters. The van der Waals surface area contributed by atoms with Crippen LogP contribution < -0.4 is 15.4 Å². The zero-order chi connectivity index (χ0) is 19.2. The van der Waals surface area contributed by atoms with Gasteiger partial charge in [-0.05, 0) is 51.2 Å². The molecule has 2 N–H and O–H groups in total. The van der Waals surface area contributed by atoms with E-state index in [4.69, 9.17) is 14.2 Å². The first-order valence-corrected chi connectivity index (χ1v) is 10.2. The van der Waals surface area contributed by atoms with Gasteiger partial charge in [-0.2, -0.15) is 0 Å². The normalized spacial score (nSPS) is 16.7. The molecule has 1 aliphatic rings. The summed E-state index contributed by atoms with van der Waals surface area (Å²) >= 11 is 0. The van der Waals surface area contributed by atoms with Crippen LogP contribution in [0.4, 0.5) is 0 Å². The van der Waals surface area contributed by atoms with Gasteiger partial charge in [-0.1, -0.05) is 18.2 Å². The predicted molar refractivity (Wildman–Crippen MR) is 109 cm³/mol. The predicted octanol–water partition coefficient (Wildman–Crippen LogP) is 2.84. The fraction of sp³-hybridized carbons (Fsp3) is 0.667. The van der Waals surface area contributed by atoms with E-state index in [-0.39, 0.29) is 6.10 Å². The third-order valence-corrected chi connectivity index (χ3v) is 4.38. The molecule has 1 saturated heterocycles. The Hall–Kier alpha value is -1.79. The number of hydrogen-bond acceptors (Lipinski definition) is 4. The second kappa shape index (κ2) is 13.4. The average molecular weight is 378 g/mol. The first-order valence-electron chi connectivity index (χ1n) is 10.2. The fourth-order valence-corrected chi connectivity index (χ4v) is 2.87. The molecule has 0 radical (unpaired) electrons. The first-order chi connectivity index (χ1) is 13.3. The van der Waals surface area contributed by atoms with Gasteiger partial charge in [-0.15, -0.1) is 0 Å². The molecule has 27 heavy (non-hydrogen) atoms. The molecule has 1 fully saturated rings. The van der Waals surface area contributed by atoms with Crippen molar-refractivity contribution >= 4 is 5.96 Å². The topological polar surface area (TPSA) is 64.1 Å². The van der Waals surface area contributed by atoms with E-state index in [9.17, 15) is 0 Å². The summed E-state index contributed by atoms with van der Waals surface area (Å²) in [6.45, 7) is 9.76. The minimum atomic E-state index is 0.0191. The maximum Gasteiger partial charge on any atom is 0.191 e. The molecule has 2 rings (SSSR count). The number of nitrogens with zero attached hydrogens (tertiary/aromatic N) is 1. The van der Waals surface area contributed by atoms with Crippen LogP contribution in [0.5, 0.6) is 5.75 Å². The van der Waals surface area contributed by atoms with Gasteiger partial charge in [0.25, 0.3) is 0 Å². The number of aliphatic imine (C=N–C) groups is 1. The van der Waals surface area contributed by atoms with E-state index in [1.54, 1.807) is 0 Å². The molecule has 0 aliphatic carbocycles. The summed E-state index contributed by atoms with van der Waals surface area (Å²) in [6, 6.07) is 9.85. The highest BCUT2D eigenvalue weighted by Crippen LogP contribution is 2.14. The molecule has 1 aromatic rings. The highest BCUT2D eigenvalue weighted by molar-refractivity contribution is 5.79. The molecule has 1 heterocycles. The van der Waals surface area contributed by atoms with E-state index in [1.165, 1.54) is 0 Å². The van der Waals surface area contributed by atoms with Crippen molar-refractivity contribution in [3.63, 3.8) is 0 Å². The lowest BCUT2D eigenvalue weighted by atomic mass is 10.0. The third-order valence-electron chi connectivity index (χ3n) is 4.38. The summed E-state index contributed by atoms with van der Waals surface area (Å²) in [5.41, 5.74) is 0.